The molecular weight excluding hydrogens is 364 g/mol. The van der Waals surface area contributed by atoms with E-state index < -0.39 is 0 Å². The first-order valence-electron chi connectivity index (χ1n) is 11.3. The highest BCUT2D eigenvalue weighted by Crippen LogP contribution is 2.33. The van der Waals surface area contributed by atoms with Crippen molar-refractivity contribution in [1.29, 1.82) is 0 Å². The highest BCUT2D eigenvalue weighted by Gasteiger charge is 2.33. The van der Waals surface area contributed by atoms with Crippen LogP contribution in [0.2, 0.25) is 0 Å². The second kappa shape index (κ2) is 8.88. The lowest BCUT2D eigenvalue weighted by atomic mass is 9.83. The van der Waals surface area contributed by atoms with Crippen molar-refractivity contribution in [3.8, 4) is 5.75 Å². The summed E-state index contributed by atoms with van der Waals surface area (Å²) in [6.07, 6.45) is 8.36. The van der Waals surface area contributed by atoms with Crippen LogP contribution in [-0.4, -0.2) is 47.6 Å². The minimum Gasteiger partial charge on any atom is -0.507 e. The first-order valence-corrected chi connectivity index (χ1v) is 11.3. The monoisotopic (exact) mass is 398 g/mol. The van der Waals surface area contributed by atoms with E-state index in [4.69, 9.17) is 4.42 Å². The van der Waals surface area contributed by atoms with Crippen LogP contribution in [0.15, 0.2) is 27.4 Å². The summed E-state index contributed by atoms with van der Waals surface area (Å²) in [4.78, 5) is 17.1. The molecule has 1 aromatic carbocycles. The zero-order chi connectivity index (χ0) is 20.4. The number of phenols is 1. The van der Waals surface area contributed by atoms with Crippen LogP contribution in [0.5, 0.6) is 5.75 Å². The largest absolute Gasteiger partial charge is 0.507 e. The maximum absolute atomic E-state index is 12.1. The summed E-state index contributed by atoms with van der Waals surface area (Å²) in [5.74, 6) is 0.887. The molecule has 3 heterocycles. The fourth-order valence-electron chi connectivity index (χ4n) is 5.49. The number of aromatic hydroxyl groups is 1. The summed E-state index contributed by atoms with van der Waals surface area (Å²) in [5, 5.41) is 11.5. The molecule has 2 saturated heterocycles. The Hall–Kier alpha value is -1.85. The van der Waals surface area contributed by atoms with Gasteiger partial charge in [-0.25, -0.2) is 4.79 Å². The Kier molecular flexibility index (Phi) is 6.26. The highest BCUT2D eigenvalue weighted by molar-refractivity contribution is 5.85. The van der Waals surface area contributed by atoms with Gasteiger partial charge in [-0.3, -0.25) is 0 Å². The summed E-state index contributed by atoms with van der Waals surface area (Å²) in [6, 6.07) is 5.92. The van der Waals surface area contributed by atoms with Crippen molar-refractivity contribution >= 4 is 11.0 Å². The van der Waals surface area contributed by atoms with E-state index >= 15 is 0 Å². The smallest absolute Gasteiger partial charge is 0.336 e. The van der Waals surface area contributed by atoms with Crippen LogP contribution in [0, 0.1) is 5.92 Å². The van der Waals surface area contributed by atoms with Gasteiger partial charge in [-0.1, -0.05) is 19.8 Å². The highest BCUT2D eigenvalue weighted by atomic mass is 16.4. The topological polar surface area (TPSA) is 56.9 Å². The second-order valence-electron chi connectivity index (χ2n) is 8.98. The molecule has 2 unspecified atom stereocenters. The van der Waals surface area contributed by atoms with E-state index in [1.807, 2.05) is 6.07 Å². The van der Waals surface area contributed by atoms with E-state index in [1.165, 1.54) is 45.2 Å². The van der Waals surface area contributed by atoms with Crippen LogP contribution in [0.25, 0.3) is 11.0 Å². The Balaban J connectivity index is 1.57. The maximum atomic E-state index is 12.1. The van der Waals surface area contributed by atoms with Crippen molar-refractivity contribution in [3.63, 3.8) is 0 Å². The molecule has 158 valence electrons. The third-order valence-corrected chi connectivity index (χ3v) is 6.80. The molecule has 29 heavy (non-hydrogen) atoms. The van der Waals surface area contributed by atoms with Gasteiger partial charge in [0.25, 0.3) is 0 Å². The van der Waals surface area contributed by atoms with Crippen molar-refractivity contribution in [2.24, 2.45) is 5.92 Å². The summed E-state index contributed by atoms with van der Waals surface area (Å²) in [7, 11) is 2.12. The van der Waals surface area contributed by atoms with Crippen LogP contribution < -0.4 is 5.63 Å². The number of aryl methyl sites for hydroxylation is 1. The van der Waals surface area contributed by atoms with Crippen LogP contribution in [0.4, 0.5) is 0 Å². The lowest BCUT2D eigenvalue weighted by Crippen LogP contribution is -2.50. The molecule has 0 saturated carbocycles. The van der Waals surface area contributed by atoms with Gasteiger partial charge in [-0.15, -0.1) is 0 Å². The Morgan fingerprint density at radius 3 is 2.86 bits per heavy atom. The Bertz CT molecular complexity index is 905. The van der Waals surface area contributed by atoms with Gasteiger partial charge in [0.05, 0.1) is 5.56 Å². The number of fused-ring (bicyclic) bond motifs is 2. The summed E-state index contributed by atoms with van der Waals surface area (Å²) >= 11 is 0. The normalized spacial score (nSPS) is 22.9. The number of nitrogens with zero attached hydrogens (tertiary/aromatic N) is 2. The van der Waals surface area contributed by atoms with Gasteiger partial charge in [0, 0.05) is 30.6 Å². The molecule has 2 aliphatic rings. The quantitative estimate of drug-likeness (QED) is 0.741. The number of piperidine rings is 2. The SMILES string of the molecule is CCCc1cc(=O)oc2c(CN(C)CC3CCCN4CCCCC34)c(O)ccc12. The first kappa shape index (κ1) is 20.4. The fraction of sp³-hybridized carbons (Fsp3) is 0.625. The van der Waals surface area contributed by atoms with Gasteiger partial charge in [0.2, 0.25) is 0 Å². The van der Waals surface area contributed by atoms with Crippen molar-refractivity contribution in [3.05, 3.63) is 39.7 Å². The van der Waals surface area contributed by atoms with Crippen LogP contribution in [0.3, 0.4) is 0 Å². The molecule has 2 aromatic rings. The molecule has 0 aliphatic carbocycles. The van der Waals surface area contributed by atoms with E-state index in [0.29, 0.717) is 24.1 Å². The van der Waals surface area contributed by atoms with Crippen molar-refractivity contribution in [2.75, 3.05) is 26.7 Å². The molecule has 5 nitrogen and oxygen atoms in total. The average Bonchev–Trinajstić information content (AvgIpc) is 2.71. The average molecular weight is 399 g/mol. The second-order valence-corrected chi connectivity index (χ2v) is 8.98. The van der Waals surface area contributed by atoms with Gasteiger partial charge < -0.3 is 19.3 Å². The molecule has 5 heteroatoms. The Morgan fingerprint density at radius 1 is 1.21 bits per heavy atom. The van der Waals surface area contributed by atoms with E-state index in [1.54, 1.807) is 12.1 Å². The first-order chi connectivity index (χ1) is 14.1. The van der Waals surface area contributed by atoms with Crippen LogP contribution in [0.1, 0.15) is 56.6 Å². The van der Waals surface area contributed by atoms with Crippen molar-refractivity contribution in [1.82, 2.24) is 9.80 Å². The molecule has 2 atom stereocenters. The molecule has 1 N–H and O–H groups in total. The minimum atomic E-state index is -0.333. The predicted molar refractivity (Wildman–Crippen MR) is 116 cm³/mol. The predicted octanol–water partition coefficient (Wildman–Crippen LogP) is 4.15. The number of hydrogen-bond acceptors (Lipinski definition) is 5. The number of hydrogen-bond donors (Lipinski definition) is 1. The van der Waals surface area contributed by atoms with Crippen molar-refractivity contribution in [2.45, 2.75) is 64.5 Å². The Labute approximate surface area is 173 Å². The minimum absolute atomic E-state index is 0.212. The van der Waals surface area contributed by atoms with E-state index in [2.05, 4.69) is 23.8 Å². The standard InChI is InChI=1S/C24H34N2O3/c1-3-7-17-14-23(28)29-24-19(17)10-11-22(27)20(24)16-25(2)15-18-8-6-13-26-12-5-4-9-21(18)26/h10-11,14,18,21,27H,3-9,12-13,15-16H2,1-2H3. The van der Waals surface area contributed by atoms with E-state index in [9.17, 15) is 9.90 Å². The van der Waals surface area contributed by atoms with Crippen LogP contribution >= 0.6 is 0 Å². The van der Waals surface area contributed by atoms with Gasteiger partial charge in [-0.2, -0.15) is 0 Å². The van der Waals surface area contributed by atoms with Gasteiger partial charge in [0.1, 0.15) is 11.3 Å². The molecule has 2 fully saturated rings. The zero-order valence-corrected chi connectivity index (χ0v) is 17.8. The third-order valence-electron chi connectivity index (χ3n) is 6.80. The molecule has 0 radical (unpaired) electrons. The van der Waals surface area contributed by atoms with Crippen LogP contribution in [-0.2, 0) is 13.0 Å². The molecule has 1 aromatic heterocycles. The summed E-state index contributed by atoms with van der Waals surface area (Å²) < 4.78 is 5.59. The molecule has 0 bridgehead atoms. The lowest BCUT2D eigenvalue weighted by Gasteiger charge is -2.45. The molecule has 0 amide bonds. The number of rotatable bonds is 6. The molecule has 4 rings (SSSR count). The van der Waals surface area contributed by atoms with Crippen molar-refractivity contribution < 1.29 is 9.52 Å². The number of phenolic OH excluding ortho intramolecular Hbond substituents is 1. The van der Waals surface area contributed by atoms with E-state index in [0.717, 1.165) is 35.9 Å². The Morgan fingerprint density at radius 2 is 2.03 bits per heavy atom. The molecule has 2 aliphatic heterocycles. The van der Waals surface area contributed by atoms with Gasteiger partial charge in [-0.05, 0) is 75.9 Å². The van der Waals surface area contributed by atoms with Gasteiger partial charge >= 0.3 is 5.63 Å². The molecular formula is C24H34N2O3. The lowest BCUT2D eigenvalue weighted by molar-refractivity contribution is 0.0434. The number of benzene rings is 1. The molecule has 0 spiro atoms. The maximum Gasteiger partial charge on any atom is 0.336 e. The third kappa shape index (κ3) is 4.36. The summed E-state index contributed by atoms with van der Waals surface area (Å²) in [6.45, 7) is 6.20. The summed E-state index contributed by atoms with van der Waals surface area (Å²) in [5.41, 5.74) is 1.96. The fourth-order valence-corrected chi connectivity index (χ4v) is 5.49. The van der Waals surface area contributed by atoms with Gasteiger partial charge in [0.15, 0.2) is 0 Å². The zero-order valence-electron chi connectivity index (χ0n) is 17.8. The van der Waals surface area contributed by atoms with E-state index in [-0.39, 0.29) is 11.4 Å².